The summed E-state index contributed by atoms with van der Waals surface area (Å²) in [6, 6.07) is 23.5. The molecule has 0 bridgehead atoms. The lowest BCUT2D eigenvalue weighted by Crippen LogP contribution is -2.44. The number of nitrogens with one attached hydrogen (secondary N) is 1. The van der Waals surface area contributed by atoms with Gasteiger partial charge in [-0.1, -0.05) is 67.4 Å². The van der Waals surface area contributed by atoms with Crippen LogP contribution in [0.25, 0.3) is 17.2 Å². The Balaban J connectivity index is 1.35. The highest BCUT2D eigenvalue weighted by molar-refractivity contribution is 6.02. The number of aromatic nitrogens is 1. The van der Waals surface area contributed by atoms with Crippen LogP contribution >= 0.6 is 0 Å². The maximum absolute atomic E-state index is 13.3. The van der Waals surface area contributed by atoms with Gasteiger partial charge in [0.2, 0.25) is 0 Å². The molecule has 0 atom stereocenters. The number of carboxylic acids is 1. The van der Waals surface area contributed by atoms with E-state index in [0.717, 1.165) is 66.5 Å². The minimum absolute atomic E-state index is 0.00256. The number of carbonyl (C=O) groups is 2. The number of hydrogen-bond donors (Lipinski definition) is 2. The van der Waals surface area contributed by atoms with Gasteiger partial charge in [-0.05, 0) is 66.1 Å². The summed E-state index contributed by atoms with van der Waals surface area (Å²) in [4.78, 5) is 28.8. The van der Waals surface area contributed by atoms with Crippen molar-refractivity contribution < 1.29 is 14.7 Å². The molecule has 5 rings (SSSR count). The lowest BCUT2D eigenvalue weighted by molar-refractivity contribution is -0.136. The zero-order valence-corrected chi connectivity index (χ0v) is 20.6. The predicted molar refractivity (Wildman–Crippen MR) is 141 cm³/mol. The molecule has 37 heavy (non-hydrogen) atoms. The van der Waals surface area contributed by atoms with Gasteiger partial charge in [-0.2, -0.15) is 5.26 Å². The van der Waals surface area contributed by atoms with E-state index in [-0.39, 0.29) is 17.9 Å². The van der Waals surface area contributed by atoms with Crippen LogP contribution in [0.3, 0.4) is 0 Å². The second kappa shape index (κ2) is 10.4. The second-order valence-corrected chi connectivity index (χ2v) is 10.0. The van der Waals surface area contributed by atoms with Crippen LogP contribution < -0.4 is 5.32 Å². The van der Waals surface area contributed by atoms with Gasteiger partial charge < -0.3 is 10.4 Å². The van der Waals surface area contributed by atoms with Crippen LogP contribution in [0.2, 0.25) is 0 Å². The SMILES string of the molecule is N#CC(=Cc1cccc(C2CC2)n1)C(=O)NC1(c2ccc(-c3ccc(CC(=O)O)cc3)cc2)CCCC1. The van der Waals surface area contributed by atoms with E-state index >= 15 is 0 Å². The normalized spacial score (nSPS) is 16.7. The largest absolute Gasteiger partial charge is 0.481 e. The molecule has 0 aliphatic heterocycles. The van der Waals surface area contributed by atoms with Crippen molar-refractivity contribution in [1.82, 2.24) is 10.3 Å². The van der Waals surface area contributed by atoms with E-state index in [2.05, 4.69) is 16.4 Å². The smallest absolute Gasteiger partial charge is 0.307 e. The lowest BCUT2D eigenvalue weighted by Gasteiger charge is -2.31. The Labute approximate surface area is 216 Å². The first-order valence-corrected chi connectivity index (χ1v) is 12.8. The van der Waals surface area contributed by atoms with Crippen molar-refractivity contribution in [3.8, 4) is 17.2 Å². The van der Waals surface area contributed by atoms with Crippen molar-refractivity contribution in [2.75, 3.05) is 0 Å². The van der Waals surface area contributed by atoms with Gasteiger partial charge in [-0.15, -0.1) is 0 Å². The third-order valence-electron chi connectivity index (χ3n) is 7.34. The number of aliphatic carboxylic acids is 1. The first-order valence-electron chi connectivity index (χ1n) is 12.8. The van der Waals surface area contributed by atoms with E-state index in [1.807, 2.05) is 66.7 Å². The minimum atomic E-state index is -0.849. The number of pyridine rings is 1. The Bertz CT molecular complexity index is 1370. The second-order valence-electron chi connectivity index (χ2n) is 10.0. The maximum atomic E-state index is 13.3. The van der Waals surface area contributed by atoms with Gasteiger partial charge in [-0.25, -0.2) is 0 Å². The van der Waals surface area contributed by atoms with Crippen LogP contribution in [0, 0.1) is 11.3 Å². The average molecular weight is 492 g/mol. The Morgan fingerprint density at radius 2 is 1.65 bits per heavy atom. The van der Waals surface area contributed by atoms with Crippen molar-refractivity contribution in [2.24, 2.45) is 0 Å². The predicted octanol–water partition coefficient (Wildman–Crippen LogP) is 5.75. The van der Waals surface area contributed by atoms with Gasteiger partial charge in [0.05, 0.1) is 17.7 Å². The van der Waals surface area contributed by atoms with E-state index in [9.17, 15) is 14.9 Å². The number of amides is 1. The summed E-state index contributed by atoms with van der Waals surface area (Å²) in [5.41, 5.74) is 5.01. The molecule has 3 aromatic rings. The summed E-state index contributed by atoms with van der Waals surface area (Å²) in [5.74, 6) is -0.723. The van der Waals surface area contributed by atoms with Gasteiger partial charge in [0, 0.05) is 11.6 Å². The van der Waals surface area contributed by atoms with E-state index in [0.29, 0.717) is 11.6 Å². The first-order chi connectivity index (χ1) is 18.0. The molecule has 6 heteroatoms. The van der Waals surface area contributed by atoms with Gasteiger partial charge in [-0.3, -0.25) is 14.6 Å². The Morgan fingerprint density at radius 1 is 1.00 bits per heavy atom. The quantitative estimate of drug-likeness (QED) is 0.309. The third-order valence-corrected chi connectivity index (χ3v) is 7.34. The highest BCUT2D eigenvalue weighted by Crippen LogP contribution is 2.40. The van der Waals surface area contributed by atoms with Gasteiger partial charge in [0.1, 0.15) is 11.6 Å². The van der Waals surface area contributed by atoms with Crippen LogP contribution in [-0.4, -0.2) is 22.0 Å². The van der Waals surface area contributed by atoms with Crippen molar-refractivity contribution in [1.29, 1.82) is 5.26 Å². The summed E-state index contributed by atoms with van der Waals surface area (Å²) in [7, 11) is 0. The van der Waals surface area contributed by atoms with Gasteiger partial charge in [0.25, 0.3) is 5.91 Å². The molecule has 186 valence electrons. The summed E-state index contributed by atoms with van der Waals surface area (Å²) in [6.07, 6.45) is 7.51. The van der Waals surface area contributed by atoms with Crippen LogP contribution in [0.4, 0.5) is 0 Å². The Morgan fingerprint density at radius 3 is 2.24 bits per heavy atom. The summed E-state index contributed by atoms with van der Waals surface area (Å²) in [6.45, 7) is 0. The van der Waals surface area contributed by atoms with E-state index < -0.39 is 11.5 Å². The summed E-state index contributed by atoms with van der Waals surface area (Å²) < 4.78 is 0. The minimum Gasteiger partial charge on any atom is -0.481 e. The molecule has 1 amide bonds. The van der Waals surface area contributed by atoms with Crippen LogP contribution in [0.5, 0.6) is 0 Å². The zero-order valence-electron chi connectivity index (χ0n) is 20.6. The lowest BCUT2D eigenvalue weighted by atomic mass is 9.86. The molecule has 2 aliphatic carbocycles. The maximum Gasteiger partial charge on any atom is 0.307 e. The van der Waals surface area contributed by atoms with Crippen LogP contribution in [0.15, 0.2) is 72.3 Å². The summed E-state index contributed by atoms with van der Waals surface area (Å²) >= 11 is 0. The molecule has 0 radical (unpaired) electrons. The highest BCUT2D eigenvalue weighted by Gasteiger charge is 2.37. The standard InChI is InChI=1S/C31H29N3O3/c32-20-25(19-27-4-3-5-28(33-27)24-10-11-24)30(37)34-31(16-1-2-17-31)26-14-12-23(13-15-26)22-8-6-21(7-9-22)18-29(35)36/h3-9,12-15,19,24H,1-2,10-11,16-18H2,(H,34,37)(H,35,36). The molecule has 2 aromatic carbocycles. The molecule has 6 nitrogen and oxygen atoms in total. The van der Waals surface area contributed by atoms with Crippen LogP contribution in [0.1, 0.15) is 67.0 Å². The van der Waals surface area contributed by atoms with Gasteiger partial charge in [0.15, 0.2) is 0 Å². The number of benzene rings is 2. The third kappa shape index (κ3) is 5.62. The number of hydrogen-bond acceptors (Lipinski definition) is 4. The van der Waals surface area contributed by atoms with Crippen molar-refractivity contribution >= 4 is 18.0 Å². The number of nitrogens with zero attached hydrogens (tertiary/aromatic N) is 2. The van der Waals surface area contributed by atoms with E-state index in [4.69, 9.17) is 5.11 Å². The fraction of sp³-hybridized carbons (Fsp3) is 0.290. The topological polar surface area (TPSA) is 103 Å². The fourth-order valence-electron chi connectivity index (χ4n) is 5.17. The Hall–Kier alpha value is -4.24. The molecule has 2 aliphatic rings. The molecule has 0 saturated heterocycles. The molecular formula is C31H29N3O3. The summed E-state index contributed by atoms with van der Waals surface area (Å²) in [5, 5.41) is 21.9. The first kappa shape index (κ1) is 24.5. The van der Waals surface area contributed by atoms with Crippen molar-refractivity contribution in [3.05, 3.63) is 94.8 Å². The molecule has 1 heterocycles. The monoisotopic (exact) mass is 491 g/mol. The molecule has 2 saturated carbocycles. The Kier molecular flexibility index (Phi) is 6.87. The number of carbonyl (C=O) groups excluding carboxylic acids is 1. The average Bonchev–Trinajstić information content (AvgIpc) is 3.66. The number of carboxylic acid groups (broad SMARTS) is 1. The van der Waals surface area contributed by atoms with Gasteiger partial charge >= 0.3 is 5.97 Å². The number of rotatable bonds is 8. The molecule has 0 unspecified atom stereocenters. The molecule has 1 aromatic heterocycles. The molecule has 2 N–H and O–H groups in total. The molecule has 0 spiro atoms. The van der Waals surface area contributed by atoms with Crippen LogP contribution in [-0.2, 0) is 21.5 Å². The van der Waals surface area contributed by atoms with Crippen molar-refractivity contribution in [3.63, 3.8) is 0 Å². The highest BCUT2D eigenvalue weighted by atomic mass is 16.4. The zero-order chi connectivity index (χ0) is 25.8. The van der Waals surface area contributed by atoms with E-state index in [1.54, 1.807) is 6.08 Å². The van der Waals surface area contributed by atoms with Crippen molar-refractivity contribution in [2.45, 2.75) is 56.4 Å². The fourth-order valence-corrected chi connectivity index (χ4v) is 5.17. The molecular weight excluding hydrogens is 462 g/mol. The van der Waals surface area contributed by atoms with E-state index in [1.165, 1.54) is 0 Å². The molecule has 2 fully saturated rings. The number of nitriles is 1.